The van der Waals surface area contributed by atoms with Crippen molar-refractivity contribution in [2.24, 2.45) is 5.73 Å². The van der Waals surface area contributed by atoms with E-state index in [0.29, 0.717) is 28.9 Å². The van der Waals surface area contributed by atoms with Crippen molar-refractivity contribution < 1.29 is 5.11 Å². The van der Waals surface area contributed by atoms with Crippen molar-refractivity contribution in [2.75, 3.05) is 19.4 Å². The van der Waals surface area contributed by atoms with Gasteiger partial charge in [-0.15, -0.1) is 9.24 Å². The van der Waals surface area contributed by atoms with Crippen LogP contribution < -0.4 is 27.0 Å². The molecule has 0 fully saturated rings. The molecule has 2 aromatic carbocycles. The molecule has 2 aromatic rings. The summed E-state index contributed by atoms with van der Waals surface area (Å²) in [6.45, 7) is 4.01. The maximum Gasteiger partial charge on any atom is 0.149 e. The molecule has 0 saturated heterocycles. The quantitative estimate of drug-likeness (QED) is 0.156. The lowest BCUT2D eigenvalue weighted by Gasteiger charge is -2.38. The molecule has 9 N–H and O–H groups in total. The van der Waals surface area contributed by atoms with Crippen molar-refractivity contribution >= 4 is 37.6 Å². The molecule has 9 nitrogen and oxygen atoms in total. The molecule has 2 atom stereocenters. The van der Waals surface area contributed by atoms with Crippen molar-refractivity contribution in [1.82, 2.24) is 15.5 Å². The van der Waals surface area contributed by atoms with Gasteiger partial charge in [-0.1, -0.05) is 25.1 Å². The van der Waals surface area contributed by atoms with Crippen LogP contribution in [-0.4, -0.2) is 41.5 Å². The monoisotopic (exact) mass is 506 g/mol. The van der Waals surface area contributed by atoms with Gasteiger partial charge in [-0.25, -0.2) is 0 Å². The summed E-state index contributed by atoms with van der Waals surface area (Å²) in [4.78, 5) is 2.00. The van der Waals surface area contributed by atoms with Crippen LogP contribution >= 0.6 is 9.24 Å². The van der Waals surface area contributed by atoms with E-state index in [1.165, 1.54) is 6.92 Å². The van der Waals surface area contributed by atoms with E-state index in [1.54, 1.807) is 6.07 Å². The fourth-order valence-corrected chi connectivity index (χ4v) is 4.57. The van der Waals surface area contributed by atoms with Crippen molar-refractivity contribution in [1.29, 1.82) is 16.2 Å². The number of likely N-dealkylation sites (N-methyl/N-ethyl adjacent to an activating group) is 1. The minimum Gasteiger partial charge on any atom is -0.507 e. The third-order valence-electron chi connectivity index (χ3n) is 6.17. The maximum atomic E-state index is 10.3. The van der Waals surface area contributed by atoms with Gasteiger partial charge in [0.1, 0.15) is 23.1 Å². The highest BCUT2D eigenvalue weighted by Crippen LogP contribution is 2.35. The van der Waals surface area contributed by atoms with Gasteiger partial charge in [0.2, 0.25) is 0 Å². The third kappa shape index (κ3) is 5.52. The number of anilines is 1. The summed E-state index contributed by atoms with van der Waals surface area (Å²) in [5, 5.41) is 44.9. The van der Waals surface area contributed by atoms with Gasteiger partial charge in [0.15, 0.2) is 0 Å². The molecule has 0 bridgehead atoms. The van der Waals surface area contributed by atoms with Crippen LogP contribution in [0.3, 0.4) is 0 Å². The zero-order valence-electron chi connectivity index (χ0n) is 21.1. The van der Waals surface area contributed by atoms with Crippen LogP contribution in [0.25, 0.3) is 0 Å². The highest BCUT2D eigenvalue weighted by atomic mass is 31.0. The number of rotatable bonds is 8. The average molecular weight is 507 g/mol. The highest BCUT2D eigenvalue weighted by molar-refractivity contribution is 7.27. The lowest BCUT2D eigenvalue weighted by Crippen LogP contribution is -2.42. The first-order chi connectivity index (χ1) is 17.1. The summed E-state index contributed by atoms with van der Waals surface area (Å²) in [5.41, 5.74) is 11.2. The molecule has 0 aromatic heterocycles. The third-order valence-corrected chi connectivity index (χ3v) is 6.63. The predicted octanol–water partition coefficient (Wildman–Crippen LogP) is 2.91. The number of phenolic OH excluding ortho intramolecular Hbond substituents is 1. The molecule has 0 radical (unpaired) electrons. The van der Waals surface area contributed by atoms with E-state index < -0.39 is 0 Å². The molecule has 0 spiro atoms. The Morgan fingerprint density at radius 1 is 1.17 bits per heavy atom. The summed E-state index contributed by atoms with van der Waals surface area (Å²) in [5.74, 6) is 0.682. The van der Waals surface area contributed by atoms with Crippen LogP contribution in [-0.2, 0) is 13.0 Å². The number of nitrogens with one attached hydrogen (secondary N) is 6. The van der Waals surface area contributed by atoms with Gasteiger partial charge in [0.25, 0.3) is 0 Å². The summed E-state index contributed by atoms with van der Waals surface area (Å²) in [6, 6.07) is 11.4. The zero-order chi connectivity index (χ0) is 26.6. The number of hydrogen-bond donors (Lipinski definition) is 8. The number of para-hydroxylation sites is 1. The van der Waals surface area contributed by atoms with Gasteiger partial charge in [0, 0.05) is 37.3 Å². The Hall–Kier alpha value is -3.84. The normalized spacial score (nSPS) is 15.3. The number of amidine groups is 2. The van der Waals surface area contributed by atoms with Gasteiger partial charge >= 0.3 is 0 Å². The van der Waals surface area contributed by atoms with Crippen molar-refractivity contribution in [3.63, 3.8) is 0 Å². The molecule has 0 saturated carbocycles. The molecule has 10 heteroatoms. The number of phenols is 1. The van der Waals surface area contributed by atoms with Gasteiger partial charge in [-0.2, -0.15) is 0 Å². The van der Waals surface area contributed by atoms with Gasteiger partial charge in [0.05, 0.1) is 17.5 Å². The average Bonchev–Trinajstić information content (AvgIpc) is 2.84. The van der Waals surface area contributed by atoms with Gasteiger partial charge in [-0.3, -0.25) is 16.2 Å². The molecule has 0 aliphatic carbocycles. The molecule has 2 unspecified atom stereocenters. The molecule has 1 heterocycles. The standard InChI is InChI=1S/C26H35N8OP/c1-5-15-10-21(35)22(36)11-17(15)20-12-18(28)23(24(29)25(30)33-14(2)27)26(34(20)4)32-13-16-8-6-7-9-19(16)31-3/h6-12,20,29,31-32,35H,5,13,28,36H2,1-4H3,(H3,27,30,33). The van der Waals surface area contributed by atoms with E-state index in [2.05, 4.69) is 25.2 Å². The Balaban J connectivity index is 2.10. The molecule has 1 aliphatic heterocycles. The minimum absolute atomic E-state index is 0.0667. The fraction of sp³-hybridized carbons (Fsp3) is 0.269. The number of aromatic hydroxyl groups is 1. The Morgan fingerprint density at radius 2 is 1.86 bits per heavy atom. The van der Waals surface area contributed by atoms with E-state index in [0.717, 1.165) is 28.8 Å². The zero-order valence-corrected chi connectivity index (χ0v) is 22.2. The lowest BCUT2D eigenvalue weighted by atomic mass is 9.91. The van der Waals surface area contributed by atoms with Crippen molar-refractivity contribution in [3.8, 4) is 5.75 Å². The van der Waals surface area contributed by atoms with E-state index in [1.807, 2.05) is 62.3 Å². The molecule has 1 aliphatic rings. The first-order valence-corrected chi connectivity index (χ1v) is 12.2. The maximum absolute atomic E-state index is 10.3. The van der Waals surface area contributed by atoms with Crippen molar-refractivity contribution in [3.05, 3.63) is 76.3 Å². The topological polar surface area (TPSA) is 157 Å². The van der Waals surface area contributed by atoms with Gasteiger partial charge < -0.3 is 31.7 Å². The molecular weight excluding hydrogens is 471 g/mol. The second kappa shape index (κ2) is 11.3. The van der Waals surface area contributed by atoms with Crippen LogP contribution in [0, 0.1) is 16.2 Å². The second-order valence-electron chi connectivity index (χ2n) is 8.63. The number of allylic oxidation sites excluding steroid dienone is 1. The Bertz CT molecular complexity index is 1270. The Labute approximate surface area is 214 Å². The largest absolute Gasteiger partial charge is 0.507 e. The number of nitrogens with zero attached hydrogens (tertiary/aromatic N) is 1. The van der Waals surface area contributed by atoms with E-state index in [-0.39, 0.29) is 29.2 Å². The SMILES string of the molecule is CCc1cc(O)c(P)cc1C1C=C(N)C(C(=N)C(=N)NC(C)=N)=C(NCc2ccccc2NC)N1C. The second-order valence-corrected chi connectivity index (χ2v) is 9.25. The van der Waals surface area contributed by atoms with Crippen LogP contribution in [0.1, 0.15) is 36.6 Å². The molecule has 190 valence electrons. The van der Waals surface area contributed by atoms with E-state index in [9.17, 15) is 5.11 Å². The Kier molecular flexibility index (Phi) is 8.37. The lowest BCUT2D eigenvalue weighted by molar-refractivity contribution is 0.321. The van der Waals surface area contributed by atoms with Crippen LogP contribution in [0.15, 0.2) is 59.6 Å². The summed E-state index contributed by atoms with van der Waals surface area (Å²) >= 11 is 0. The number of benzene rings is 2. The fourth-order valence-electron chi connectivity index (χ4n) is 4.31. The van der Waals surface area contributed by atoms with Gasteiger partial charge in [-0.05, 0) is 54.3 Å². The first-order valence-electron chi connectivity index (χ1n) is 11.6. The van der Waals surface area contributed by atoms with Crippen LogP contribution in [0.2, 0.25) is 0 Å². The first kappa shape index (κ1) is 26.8. The summed E-state index contributed by atoms with van der Waals surface area (Å²) < 4.78 is 0. The molecular formula is C26H35N8OP. The Morgan fingerprint density at radius 3 is 2.50 bits per heavy atom. The molecule has 0 amide bonds. The summed E-state index contributed by atoms with van der Waals surface area (Å²) in [7, 11) is 6.35. The number of nitrogens with two attached hydrogens (primary N) is 1. The highest BCUT2D eigenvalue weighted by Gasteiger charge is 2.31. The molecule has 3 rings (SSSR count). The van der Waals surface area contributed by atoms with Crippen LogP contribution in [0.5, 0.6) is 5.75 Å². The predicted molar refractivity (Wildman–Crippen MR) is 151 cm³/mol. The van der Waals surface area contributed by atoms with E-state index in [4.69, 9.17) is 22.0 Å². The van der Waals surface area contributed by atoms with Crippen molar-refractivity contribution in [2.45, 2.75) is 32.9 Å². The molecule has 36 heavy (non-hydrogen) atoms. The smallest absolute Gasteiger partial charge is 0.149 e. The van der Waals surface area contributed by atoms with Crippen LogP contribution in [0.4, 0.5) is 5.69 Å². The summed E-state index contributed by atoms with van der Waals surface area (Å²) in [6.07, 6.45) is 2.60. The number of aryl methyl sites for hydroxylation is 1. The minimum atomic E-state index is -0.259. The number of hydrogen-bond acceptors (Lipinski definition) is 8. The van der Waals surface area contributed by atoms with E-state index >= 15 is 0 Å².